The van der Waals surface area contributed by atoms with Crippen molar-refractivity contribution in [1.29, 1.82) is 0 Å². The van der Waals surface area contributed by atoms with E-state index in [-0.39, 0.29) is 24.5 Å². The topological polar surface area (TPSA) is 49.9 Å². The third-order valence-electron chi connectivity index (χ3n) is 6.18. The van der Waals surface area contributed by atoms with E-state index in [2.05, 4.69) is 18.2 Å². The summed E-state index contributed by atoms with van der Waals surface area (Å²) < 4.78 is 5.94. The van der Waals surface area contributed by atoms with Gasteiger partial charge in [0.25, 0.3) is 11.8 Å². The van der Waals surface area contributed by atoms with Gasteiger partial charge >= 0.3 is 0 Å². The van der Waals surface area contributed by atoms with E-state index in [1.165, 1.54) is 16.9 Å². The predicted molar refractivity (Wildman–Crippen MR) is 133 cm³/mol. The maximum atomic E-state index is 13.4. The van der Waals surface area contributed by atoms with Crippen LogP contribution >= 0.6 is 23.1 Å². The smallest absolute Gasteiger partial charge is 0.264 e. The molecule has 0 N–H and O–H groups in total. The minimum atomic E-state index is -0.192. The summed E-state index contributed by atoms with van der Waals surface area (Å²) >= 11 is 3.35. The third-order valence-corrected chi connectivity index (χ3v) is 7.98. The molecule has 1 aromatic heterocycles. The summed E-state index contributed by atoms with van der Waals surface area (Å²) in [6.07, 6.45) is 0.792. The van der Waals surface area contributed by atoms with E-state index in [4.69, 9.17) is 4.74 Å². The molecule has 2 aliphatic rings. The highest BCUT2D eigenvalue weighted by Crippen LogP contribution is 2.38. The summed E-state index contributed by atoms with van der Waals surface area (Å²) in [6.45, 7) is 2.27. The summed E-state index contributed by atoms with van der Waals surface area (Å²) in [5, 5.41) is 1.94. The molecule has 0 bridgehead atoms. The Bertz CT molecular complexity index is 1110. The number of carbonyl (C=O) groups is 2. The van der Waals surface area contributed by atoms with Gasteiger partial charge in [-0.3, -0.25) is 9.59 Å². The van der Waals surface area contributed by atoms with Gasteiger partial charge in [0.1, 0.15) is 5.75 Å². The lowest BCUT2D eigenvalue weighted by atomic mass is 9.88. The van der Waals surface area contributed by atoms with Crippen molar-refractivity contribution in [3.63, 3.8) is 0 Å². The maximum Gasteiger partial charge on any atom is 0.264 e. The molecule has 7 heteroatoms. The van der Waals surface area contributed by atoms with E-state index in [0.29, 0.717) is 12.3 Å². The summed E-state index contributed by atoms with van der Waals surface area (Å²) in [4.78, 5) is 30.5. The molecule has 0 aliphatic carbocycles. The number of benzene rings is 2. The Morgan fingerprint density at radius 1 is 0.970 bits per heavy atom. The molecule has 0 radical (unpaired) electrons. The van der Waals surface area contributed by atoms with Crippen molar-refractivity contribution in [1.82, 2.24) is 9.80 Å². The second-order valence-electron chi connectivity index (χ2n) is 8.18. The van der Waals surface area contributed by atoms with Crippen LogP contribution in [0.25, 0.3) is 0 Å². The molecule has 0 saturated carbocycles. The number of rotatable bonds is 5. The molecule has 2 aliphatic heterocycles. The fourth-order valence-corrected chi connectivity index (χ4v) is 6.07. The van der Waals surface area contributed by atoms with E-state index in [9.17, 15) is 9.59 Å². The third kappa shape index (κ3) is 4.80. The molecule has 2 amide bonds. The Morgan fingerprint density at radius 2 is 1.79 bits per heavy atom. The van der Waals surface area contributed by atoms with Crippen LogP contribution in [0.2, 0.25) is 0 Å². The minimum Gasteiger partial charge on any atom is -0.484 e. The summed E-state index contributed by atoms with van der Waals surface area (Å²) in [6, 6.07) is 19.8. The highest BCUT2D eigenvalue weighted by molar-refractivity contribution is 7.99. The molecular formula is C26H26N2O3S2. The first-order chi connectivity index (χ1) is 16.2. The number of amides is 2. The first kappa shape index (κ1) is 22.0. The van der Waals surface area contributed by atoms with E-state index in [0.717, 1.165) is 47.0 Å². The zero-order chi connectivity index (χ0) is 22.6. The Hall–Kier alpha value is -2.77. The summed E-state index contributed by atoms with van der Waals surface area (Å²) in [5.41, 5.74) is 3.35. The second-order valence-corrected chi connectivity index (χ2v) is 10.4. The number of thioether (sulfide) groups is 1. The highest BCUT2D eigenvalue weighted by atomic mass is 32.2. The van der Waals surface area contributed by atoms with Gasteiger partial charge in [0, 0.05) is 31.1 Å². The average molecular weight is 479 g/mol. The Balaban J connectivity index is 1.42. The zero-order valence-electron chi connectivity index (χ0n) is 18.3. The number of thiophene rings is 1. The number of hydrogen-bond donors (Lipinski definition) is 0. The van der Waals surface area contributed by atoms with Crippen LogP contribution in [-0.4, -0.2) is 59.4 Å². The van der Waals surface area contributed by atoms with E-state index >= 15 is 0 Å². The molecule has 2 aromatic carbocycles. The molecule has 170 valence electrons. The van der Waals surface area contributed by atoms with E-state index in [1.807, 2.05) is 69.4 Å². The quantitative estimate of drug-likeness (QED) is 0.542. The maximum absolute atomic E-state index is 13.4. The molecular weight excluding hydrogens is 452 g/mol. The van der Waals surface area contributed by atoms with Crippen molar-refractivity contribution in [3.05, 3.63) is 87.6 Å². The van der Waals surface area contributed by atoms with Gasteiger partial charge in [-0.15, -0.1) is 11.3 Å². The van der Waals surface area contributed by atoms with Crippen LogP contribution in [-0.2, 0) is 11.2 Å². The first-order valence-electron chi connectivity index (χ1n) is 11.2. The molecule has 0 unspecified atom stereocenters. The van der Waals surface area contributed by atoms with Gasteiger partial charge < -0.3 is 14.5 Å². The lowest BCUT2D eigenvalue weighted by Gasteiger charge is -2.38. The van der Waals surface area contributed by atoms with Crippen LogP contribution in [0.3, 0.4) is 0 Å². The molecule has 1 saturated heterocycles. The standard InChI is InChI=1S/C26H26N2O3S2/c29-24(27-12-15-32-16-13-27)18-31-21-9-8-19-10-11-28(26(30)23-7-4-14-33-23)25(22(19)17-21)20-5-2-1-3-6-20/h1-9,14,17,25H,10-13,15-16,18H2/t25-/m1/s1. The molecule has 5 nitrogen and oxygen atoms in total. The average Bonchev–Trinajstić information content (AvgIpc) is 3.42. The van der Waals surface area contributed by atoms with Gasteiger partial charge in [-0.1, -0.05) is 42.5 Å². The fraction of sp³-hybridized carbons (Fsp3) is 0.308. The Morgan fingerprint density at radius 3 is 2.55 bits per heavy atom. The van der Waals surface area contributed by atoms with Crippen LogP contribution in [0.15, 0.2) is 66.0 Å². The summed E-state index contributed by atoms with van der Waals surface area (Å²) in [5.74, 6) is 2.71. The monoisotopic (exact) mass is 478 g/mol. The molecule has 1 fully saturated rings. The van der Waals surface area contributed by atoms with Crippen molar-refractivity contribution in [2.45, 2.75) is 12.5 Å². The largest absolute Gasteiger partial charge is 0.484 e. The molecule has 0 spiro atoms. The van der Waals surface area contributed by atoms with Crippen molar-refractivity contribution in [2.75, 3.05) is 37.7 Å². The first-order valence-corrected chi connectivity index (χ1v) is 13.2. The van der Waals surface area contributed by atoms with Crippen molar-refractivity contribution in [2.24, 2.45) is 0 Å². The van der Waals surface area contributed by atoms with Gasteiger partial charge in [-0.25, -0.2) is 0 Å². The number of nitrogens with zero attached hydrogens (tertiary/aromatic N) is 2. The van der Waals surface area contributed by atoms with Crippen LogP contribution in [0, 0.1) is 0 Å². The van der Waals surface area contributed by atoms with Crippen molar-refractivity contribution < 1.29 is 14.3 Å². The fourth-order valence-electron chi connectivity index (χ4n) is 4.49. The molecule has 33 heavy (non-hydrogen) atoms. The van der Waals surface area contributed by atoms with Gasteiger partial charge in [-0.05, 0) is 46.7 Å². The van der Waals surface area contributed by atoms with Crippen LogP contribution in [0.1, 0.15) is 32.4 Å². The zero-order valence-corrected chi connectivity index (χ0v) is 19.9. The van der Waals surface area contributed by atoms with E-state index in [1.54, 1.807) is 0 Å². The number of ether oxygens (including phenoxy) is 1. The molecule has 3 aromatic rings. The molecule has 1 atom stereocenters. The predicted octanol–water partition coefficient (Wildman–Crippen LogP) is 4.49. The minimum absolute atomic E-state index is 0.0297. The van der Waals surface area contributed by atoms with E-state index < -0.39 is 0 Å². The number of hydrogen-bond acceptors (Lipinski definition) is 5. The van der Waals surface area contributed by atoms with Gasteiger partial charge in [0.05, 0.1) is 10.9 Å². The van der Waals surface area contributed by atoms with Gasteiger partial charge in [0.2, 0.25) is 0 Å². The van der Waals surface area contributed by atoms with Crippen LogP contribution in [0.5, 0.6) is 5.75 Å². The molecule has 5 rings (SSSR count). The van der Waals surface area contributed by atoms with Crippen molar-refractivity contribution >= 4 is 34.9 Å². The van der Waals surface area contributed by atoms with Gasteiger partial charge in [-0.2, -0.15) is 11.8 Å². The van der Waals surface area contributed by atoms with Crippen LogP contribution in [0.4, 0.5) is 0 Å². The number of carbonyl (C=O) groups excluding carboxylic acids is 2. The van der Waals surface area contributed by atoms with Gasteiger partial charge in [0.15, 0.2) is 6.61 Å². The number of fused-ring (bicyclic) bond motifs is 1. The normalized spacial score (nSPS) is 18.0. The lowest BCUT2D eigenvalue weighted by molar-refractivity contribution is -0.133. The summed E-state index contributed by atoms with van der Waals surface area (Å²) in [7, 11) is 0. The Kier molecular flexibility index (Phi) is 6.69. The van der Waals surface area contributed by atoms with Crippen LogP contribution < -0.4 is 4.74 Å². The molecule has 3 heterocycles. The Labute approximate surface area is 202 Å². The SMILES string of the molecule is O=C(COc1ccc2c(c1)[C@@H](c1ccccc1)N(C(=O)c1cccs1)CC2)N1CCSCC1. The highest BCUT2D eigenvalue weighted by Gasteiger charge is 2.33. The van der Waals surface area contributed by atoms with Crippen molar-refractivity contribution in [3.8, 4) is 5.75 Å². The lowest BCUT2D eigenvalue weighted by Crippen LogP contribution is -2.41. The second kappa shape index (κ2) is 10.0.